The number of nitrogens with one attached hydrogen (secondary N) is 4. The van der Waals surface area contributed by atoms with Gasteiger partial charge >= 0.3 is 0 Å². The first-order chi connectivity index (χ1) is 18.6. The summed E-state index contributed by atoms with van der Waals surface area (Å²) < 4.78 is 0. The van der Waals surface area contributed by atoms with Crippen LogP contribution in [0.1, 0.15) is 71.3 Å². The predicted octanol–water partition coefficient (Wildman–Crippen LogP) is 3.03. The maximum Gasteiger partial charge on any atom is 0.245 e. The van der Waals surface area contributed by atoms with Gasteiger partial charge in [0.1, 0.15) is 6.04 Å². The van der Waals surface area contributed by atoms with Gasteiger partial charge in [-0.15, -0.1) is 0 Å². The Balaban J connectivity index is 1.48. The molecule has 8 nitrogen and oxygen atoms in total. The lowest BCUT2D eigenvalue weighted by Crippen LogP contribution is -2.64. The largest absolute Gasteiger partial charge is 0.350 e. The van der Waals surface area contributed by atoms with E-state index in [1.54, 1.807) is 0 Å². The van der Waals surface area contributed by atoms with Gasteiger partial charge in [-0.05, 0) is 49.3 Å². The van der Waals surface area contributed by atoms with Gasteiger partial charge in [-0.25, -0.2) is 0 Å². The number of halogens is 1. The number of benzene rings is 1. The van der Waals surface area contributed by atoms with E-state index >= 15 is 0 Å². The summed E-state index contributed by atoms with van der Waals surface area (Å²) in [6.45, 7) is 9.06. The van der Waals surface area contributed by atoms with Gasteiger partial charge in [0.15, 0.2) is 0 Å². The lowest BCUT2D eigenvalue weighted by atomic mass is 9.69. The topological polar surface area (TPSA) is 103 Å². The molecule has 0 unspecified atom stereocenters. The molecule has 0 spiro atoms. The molecule has 0 bridgehead atoms. The molecule has 2 aliphatic heterocycles. The Morgan fingerprint density at radius 1 is 1.05 bits per heavy atom. The molecular formula is C30H46ClN5O3. The molecule has 1 aromatic carbocycles. The van der Waals surface area contributed by atoms with E-state index in [-0.39, 0.29) is 29.3 Å². The van der Waals surface area contributed by atoms with E-state index in [1.807, 2.05) is 49.9 Å². The molecule has 4 N–H and O–H groups in total. The van der Waals surface area contributed by atoms with Crippen molar-refractivity contribution in [2.75, 3.05) is 32.7 Å². The Labute approximate surface area is 238 Å². The molecule has 1 aliphatic carbocycles. The van der Waals surface area contributed by atoms with Gasteiger partial charge in [0, 0.05) is 55.1 Å². The van der Waals surface area contributed by atoms with Gasteiger partial charge in [-0.3, -0.25) is 14.4 Å². The summed E-state index contributed by atoms with van der Waals surface area (Å²) in [7, 11) is 0. The van der Waals surface area contributed by atoms with E-state index in [9.17, 15) is 14.4 Å². The second kappa shape index (κ2) is 13.0. The number of carbonyl (C=O) groups is 3. The first-order valence-corrected chi connectivity index (χ1v) is 15.1. The van der Waals surface area contributed by atoms with Crippen LogP contribution in [-0.4, -0.2) is 73.0 Å². The van der Waals surface area contributed by atoms with E-state index in [0.29, 0.717) is 43.5 Å². The zero-order valence-electron chi connectivity index (χ0n) is 23.8. The van der Waals surface area contributed by atoms with E-state index in [0.717, 1.165) is 37.8 Å². The fourth-order valence-electron chi connectivity index (χ4n) is 6.22. The normalized spacial score (nSPS) is 23.1. The number of piperazine rings is 1. The number of rotatable bonds is 7. The molecule has 4 rings (SSSR count). The molecule has 3 fully saturated rings. The van der Waals surface area contributed by atoms with Gasteiger partial charge in [0.05, 0.1) is 6.04 Å². The SMILES string of the molecule is CC(C)(C)C(=O)NC1(C2CCCCC2)CCN(C(=O)[C@@H](Cc2ccc(Cl)cc2)NC(=O)[C@@H]2CNCCN2)CC1. The highest BCUT2D eigenvalue weighted by Gasteiger charge is 2.45. The third-order valence-corrected chi connectivity index (χ3v) is 8.97. The summed E-state index contributed by atoms with van der Waals surface area (Å²) in [5, 5.41) is 13.6. The smallest absolute Gasteiger partial charge is 0.245 e. The molecule has 2 saturated heterocycles. The van der Waals surface area contributed by atoms with Crippen LogP contribution in [0.15, 0.2) is 24.3 Å². The van der Waals surface area contributed by atoms with Crippen molar-refractivity contribution in [1.82, 2.24) is 26.2 Å². The molecule has 39 heavy (non-hydrogen) atoms. The van der Waals surface area contributed by atoms with Crippen molar-refractivity contribution in [2.45, 2.75) is 89.8 Å². The Morgan fingerprint density at radius 2 is 1.72 bits per heavy atom. The van der Waals surface area contributed by atoms with Crippen LogP contribution in [-0.2, 0) is 20.8 Å². The van der Waals surface area contributed by atoms with Gasteiger partial charge in [0.25, 0.3) is 0 Å². The maximum absolute atomic E-state index is 13.9. The van der Waals surface area contributed by atoms with Crippen molar-refractivity contribution >= 4 is 29.3 Å². The number of nitrogens with zero attached hydrogens (tertiary/aromatic N) is 1. The van der Waals surface area contributed by atoms with E-state index in [1.165, 1.54) is 19.3 Å². The van der Waals surface area contributed by atoms with Crippen LogP contribution in [0.4, 0.5) is 0 Å². The predicted molar refractivity (Wildman–Crippen MR) is 154 cm³/mol. The Hall–Kier alpha value is -2.16. The van der Waals surface area contributed by atoms with Crippen molar-refractivity contribution in [3.8, 4) is 0 Å². The number of hydrogen-bond donors (Lipinski definition) is 4. The summed E-state index contributed by atoms with van der Waals surface area (Å²) >= 11 is 6.08. The minimum atomic E-state index is -0.672. The number of likely N-dealkylation sites (tertiary alicyclic amines) is 1. The molecular weight excluding hydrogens is 514 g/mol. The van der Waals surface area contributed by atoms with Gasteiger partial charge in [-0.2, -0.15) is 0 Å². The third-order valence-electron chi connectivity index (χ3n) is 8.72. The van der Waals surface area contributed by atoms with Crippen LogP contribution < -0.4 is 21.3 Å². The molecule has 1 aromatic rings. The molecule has 0 radical (unpaired) electrons. The molecule has 216 valence electrons. The van der Waals surface area contributed by atoms with E-state index in [4.69, 9.17) is 11.6 Å². The van der Waals surface area contributed by atoms with Crippen LogP contribution in [0.25, 0.3) is 0 Å². The van der Waals surface area contributed by atoms with Crippen LogP contribution in [0.2, 0.25) is 5.02 Å². The standard InChI is InChI=1S/C30H46ClN5O3/c1-29(2,3)28(39)35-30(22-7-5-4-6-8-22)13-17-36(18-14-30)27(38)24(19-21-9-11-23(31)12-10-21)34-26(37)25-20-32-15-16-33-25/h9-12,22,24-25,32-33H,4-8,13-20H2,1-3H3,(H,34,37)(H,35,39)/t24-,25+/m1/s1. The lowest BCUT2D eigenvalue weighted by molar-refractivity contribution is -0.140. The summed E-state index contributed by atoms with van der Waals surface area (Å²) in [5.74, 6) is 0.278. The Kier molecular flexibility index (Phi) is 9.94. The lowest BCUT2D eigenvalue weighted by Gasteiger charge is -2.49. The van der Waals surface area contributed by atoms with Crippen LogP contribution in [0, 0.1) is 11.3 Å². The minimum absolute atomic E-state index is 0.0681. The maximum atomic E-state index is 13.9. The summed E-state index contributed by atoms with van der Waals surface area (Å²) in [5.41, 5.74) is 0.192. The second-order valence-electron chi connectivity index (χ2n) is 12.6. The molecule has 9 heteroatoms. The summed E-state index contributed by atoms with van der Waals surface area (Å²) in [4.78, 5) is 42.1. The van der Waals surface area contributed by atoms with E-state index < -0.39 is 11.5 Å². The molecule has 3 aliphatic rings. The average molecular weight is 560 g/mol. The molecule has 1 saturated carbocycles. The Morgan fingerprint density at radius 3 is 2.31 bits per heavy atom. The average Bonchev–Trinajstić information content (AvgIpc) is 2.94. The van der Waals surface area contributed by atoms with Gasteiger partial charge in [0.2, 0.25) is 17.7 Å². The number of amides is 3. The van der Waals surface area contributed by atoms with E-state index in [2.05, 4.69) is 21.3 Å². The monoisotopic (exact) mass is 559 g/mol. The molecule has 0 aromatic heterocycles. The first kappa shape index (κ1) is 29.8. The highest BCUT2D eigenvalue weighted by atomic mass is 35.5. The molecule has 3 amide bonds. The number of piperidine rings is 1. The van der Waals surface area contributed by atoms with Gasteiger partial charge < -0.3 is 26.2 Å². The van der Waals surface area contributed by atoms with Crippen LogP contribution in [0.3, 0.4) is 0 Å². The number of carbonyl (C=O) groups excluding carboxylic acids is 3. The van der Waals surface area contributed by atoms with Gasteiger partial charge in [-0.1, -0.05) is 63.8 Å². The first-order valence-electron chi connectivity index (χ1n) is 14.7. The van der Waals surface area contributed by atoms with Crippen molar-refractivity contribution in [1.29, 1.82) is 0 Å². The van der Waals surface area contributed by atoms with Crippen molar-refractivity contribution in [2.24, 2.45) is 11.3 Å². The minimum Gasteiger partial charge on any atom is -0.350 e. The molecule has 2 heterocycles. The van der Waals surface area contributed by atoms with Crippen molar-refractivity contribution in [3.63, 3.8) is 0 Å². The summed E-state index contributed by atoms with van der Waals surface area (Å²) in [6.07, 6.45) is 7.75. The zero-order chi connectivity index (χ0) is 28.0. The van der Waals surface area contributed by atoms with Crippen molar-refractivity contribution < 1.29 is 14.4 Å². The quantitative estimate of drug-likeness (QED) is 0.411. The summed E-state index contributed by atoms with van der Waals surface area (Å²) in [6, 6.07) is 6.39. The van der Waals surface area contributed by atoms with Crippen LogP contribution in [0.5, 0.6) is 0 Å². The highest BCUT2D eigenvalue weighted by molar-refractivity contribution is 6.30. The Bertz CT molecular complexity index is 989. The van der Waals surface area contributed by atoms with Crippen molar-refractivity contribution in [3.05, 3.63) is 34.9 Å². The fraction of sp³-hybridized carbons (Fsp3) is 0.700. The second-order valence-corrected chi connectivity index (χ2v) is 13.1. The van der Waals surface area contributed by atoms with Crippen LogP contribution >= 0.6 is 11.6 Å². The zero-order valence-corrected chi connectivity index (χ0v) is 24.5. The molecule has 2 atom stereocenters. The third kappa shape index (κ3) is 7.74. The highest BCUT2D eigenvalue weighted by Crippen LogP contribution is 2.40. The fourth-order valence-corrected chi connectivity index (χ4v) is 6.34. The number of hydrogen-bond acceptors (Lipinski definition) is 5.